The topological polar surface area (TPSA) is 109 Å². The highest BCUT2D eigenvalue weighted by Gasteiger charge is 2.22. The number of hydrogen-bond acceptors (Lipinski definition) is 5. The first kappa shape index (κ1) is 19.7. The lowest BCUT2D eigenvalue weighted by Gasteiger charge is -2.17. The highest BCUT2D eigenvalue weighted by molar-refractivity contribution is 7.89. The van der Waals surface area contributed by atoms with Crippen molar-refractivity contribution < 1.29 is 22.4 Å². The van der Waals surface area contributed by atoms with Crippen LogP contribution in [0.2, 0.25) is 0 Å². The number of sulfonamides is 1. The standard InChI is InChI=1S/C17H21N3O5S/c1-12(19-17(22)14-8-6-10-25-14)16(21)18-11-13-7-4-5-9-15(13)26(23,24)20(2)3/h4-10,12H,11H2,1-3H3,(H,18,21)(H,19,22). The van der Waals surface area contributed by atoms with Gasteiger partial charge < -0.3 is 15.1 Å². The molecule has 1 heterocycles. The van der Waals surface area contributed by atoms with E-state index in [-0.39, 0.29) is 17.2 Å². The second-order valence-corrected chi connectivity index (χ2v) is 7.91. The van der Waals surface area contributed by atoms with Gasteiger partial charge in [0.2, 0.25) is 15.9 Å². The Balaban J connectivity index is 2.03. The summed E-state index contributed by atoms with van der Waals surface area (Å²) in [5, 5.41) is 5.14. The van der Waals surface area contributed by atoms with Crippen LogP contribution in [0.5, 0.6) is 0 Å². The molecule has 0 saturated carbocycles. The molecule has 2 aromatic rings. The molecule has 0 bridgehead atoms. The molecule has 1 aromatic heterocycles. The van der Waals surface area contributed by atoms with E-state index in [1.54, 1.807) is 24.3 Å². The molecule has 0 saturated heterocycles. The maximum atomic E-state index is 12.4. The Labute approximate surface area is 152 Å². The molecule has 1 unspecified atom stereocenters. The molecule has 140 valence electrons. The average molecular weight is 379 g/mol. The second-order valence-electron chi connectivity index (χ2n) is 5.79. The lowest BCUT2D eigenvalue weighted by molar-refractivity contribution is -0.122. The van der Waals surface area contributed by atoms with E-state index in [2.05, 4.69) is 10.6 Å². The van der Waals surface area contributed by atoms with Crippen LogP contribution in [-0.2, 0) is 21.4 Å². The molecule has 1 aromatic carbocycles. The lowest BCUT2D eigenvalue weighted by Crippen LogP contribution is -2.44. The average Bonchev–Trinajstić information content (AvgIpc) is 3.14. The Kier molecular flexibility index (Phi) is 6.17. The molecule has 0 fully saturated rings. The van der Waals surface area contributed by atoms with Crippen LogP contribution in [0.4, 0.5) is 0 Å². The number of carbonyl (C=O) groups excluding carboxylic acids is 2. The molecule has 1 atom stereocenters. The number of nitrogens with one attached hydrogen (secondary N) is 2. The fourth-order valence-electron chi connectivity index (χ4n) is 2.17. The number of nitrogens with zero attached hydrogens (tertiary/aromatic N) is 1. The van der Waals surface area contributed by atoms with Crippen molar-refractivity contribution in [3.05, 3.63) is 54.0 Å². The van der Waals surface area contributed by atoms with Crippen molar-refractivity contribution >= 4 is 21.8 Å². The van der Waals surface area contributed by atoms with E-state index in [9.17, 15) is 18.0 Å². The van der Waals surface area contributed by atoms with Gasteiger partial charge in [0.05, 0.1) is 11.2 Å². The summed E-state index contributed by atoms with van der Waals surface area (Å²) in [5.74, 6) is -0.845. The molecule has 0 radical (unpaired) electrons. The summed E-state index contributed by atoms with van der Waals surface area (Å²) in [7, 11) is -0.742. The first-order valence-corrected chi connectivity index (χ1v) is 9.30. The van der Waals surface area contributed by atoms with E-state index in [4.69, 9.17) is 4.42 Å². The van der Waals surface area contributed by atoms with Crippen molar-refractivity contribution in [1.29, 1.82) is 0 Å². The molecule has 0 aliphatic carbocycles. The Morgan fingerprint density at radius 2 is 1.85 bits per heavy atom. The van der Waals surface area contributed by atoms with Crippen LogP contribution < -0.4 is 10.6 Å². The van der Waals surface area contributed by atoms with Crippen molar-refractivity contribution in [3.8, 4) is 0 Å². The quantitative estimate of drug-likeness (QED) is 0.745. The van der Waals surface area contributed by atoms with Gasteiger partial charge in [-0.25, -0.2) is 12.7 Å². The summed E-state index contributed by atoms with van der Waals surface area (Å²) in [4.78, 5) is 24.2. The maximum Gasteiger partial charge on any atom is 0.287 e. The van der Waals surface area contributed by atoms with Gasteiger partial charge in [-0.05, 0) is 30.7 Å². The predicted molar refractivity (Wildman–Crippen MR) is 94.8 cm³/mol. The summed E-state index contributed by atoms with van der Waals surface area (Å²) >= 11 is 0. The molecular formula is C17H21N3O5S. The van der Waals surface area contributed by atoms with Crippen molar-refractivity contribution in [2.75, 3.05) is 14.1 Å². The zero-order valence-corrected chi connectivity index (χ0v) is 15.5. The summed E-state index contributed by atoms with van der Waals surface area (Å²) in [5.41, 5.74) is 0.458. The third kappa shape index (κ3) is 4.50. The van der Waals surface area contributed by atoms with Crippen LogP contribution in [0.25, 0.3) is 0 Å². The molecule has 0 aliphatic rings. The van der Waals surface area contributed by atoms with Crippen LogP contribution in [-0.4, -0.2) is 44.7 Å². The number of amides is 2. The van der Waals surface area contributed by atoms with Crippen LogP contribution >= 0.6 is 0 Å². The van der Waals surface area contributed by atoms with Gasteiger partial charge >= 0.3 is 0 Å². The van der Waals surface area contributed by atoms with Gasteiger partial charge in [-0.1, -0.05) is 18.2 Å². The first-order chi connectivity index (χ1) is 12.2. The summed E-state index contributed by atoms with van der Waals surface area (Å²) in [6.45, 7) is 1.54. The number of rotatable bonds is 7. The summed E-state index contributed by atoms with van der Waals surface area (Å²) in [6.07, 6.45) is 1.36. The van der Waals surface area contributed by atoms with E-state index >= 15 is 0 Å². The lowest BCUT2D eigenvalue weighted by atomic mass is 10.2. The van der Waals surface area contributed by atoms with Gasteiger partial charge in [-0.15, -0.1) is 0 Å². The third-order valence-electron chi connectivity index (χ3n) is 3.67. The van der Waals surface area contributed by atoms with Gasteiger partial charge in [-0.2, -0.15) is 0 Å². The van der Waals surface area contributed by atoms with E-state index in [0.717, 1.165) is 4.31 Å². The van der Waals surface area contributed by atoms with Crippen LogP contribution in [0.1, 0.15) is 23.0 Å². The van der Waals surface area contributed by atoms with Crippen molar-refractivity contribution in [2.24, 2.45) is 0 Å². The monoisotopic (exact) mass is 379 g/mol. The van der Waals surface area contributed by atoms with Crippen molar-refractivity contribution in [2.45, 2.75) is 24.4 Å². The minimum Gasteiger partial charge on any atom is -0.459 e. The van der Waals surface area contributed by atoms with E-state index in [1.807, 2.05) is 0 Å². The normalized spacial score (nSPS) is 12.6. The van der Waals surface area contributed by atoms with E-state index < -0.39 is 27.9 Å². The Morgan fingerprint density at radius 3 is 2.46 bits per heavy atom. The number of carbonyl (C=O) groups is 2. The molecule has 2 amide bonds. The van der Waals surface area contributed by atoms with Crippen molar-refractivity contribution in [3.63, 3.8) is 0 Å². The van der Waals surface area contributed by atoms with Gasteiger partial charge in [0, 0.05) is 20.6 Å². The smallest absolute Gasteiger partial charge is 0.287 e. The molecule has 2 N–H and O–H groups in total. The first-order valence-electron chi connectivity index (χ1n) is 7.86. The minimum absolute atomic E-state index is 0.0169. The zero-order valence-electron chi connectivity index (χ0n) is 14.7. The number of benzene rings is 1. The predicted octanol–water partition coefficient (Wildman–Crippen LogP) is 0.965. The van der Waals surface area contributed by atoms with Crippen LogP contribution in [0, 0.1) is 0 Å². The number of furan rings is 1. The summed E-state index contributed by atoms with van der Waals surface area (Å²) in [6, 6.07) is 8.67. The molecule has 26 heavy (non-hydrogen) atoms. The summed E-state index contributed by atoms with van der Waals surface area (Å²) < 4.78 is 30.8. The fourth-order valence-corrected chi connectivity index (χ4v) is 3.29. The molecule has 0 aliphatic heterocycles. The fraction of sp³-hybridized carbons (Fsp3) is 0.294. The third-order valence-corrected chi connectivity index (χ3v) is 5.59. The minimum atomic E-state index is -3.62. The molecule has 9 heteroatoms. The maximum absolute atomic E-state index is 12.4. The van der Waals surface area contributed by atoms with Gasteiger partial charge in [-0.3, -0.25) is 9.59 Å². The number of hydrogen-bond donors (Lipinski definition) is 2. The van der Waals surface area contributed by atoms with Gasteiger partial charge in [0.15, 0.2) is 5.76 Å². The van der Waals surface area contributed by atoms with Gasteiger partial charge in [0.25, 0.3) is 5.91 Å². The van der Waals surface area contributed by atoms with Gasteiger partial charge in [0.1, 0.15) is 6.04 Å². The van der Waals surface area contributed by atoms with Crippen molar-refractivity contribution in [1.82, 2.24) is 14.9 Å². The molecular weight excluding hydrogens is 358 g/mol. The van der Waals surface area contributed by atoms with Crippen LogP contribution in [0.3, 0.4) is 0 Å². The Bertz CT molecular complexity index is 876. The molecule has 8 nitrogen and oxygen atoms in total. The molecule has 0 spiro atoms. The molecule has 2 rings (SSSR count). The highest BCUT2D eigenvalue weighted by atomic mass is 32.2. The highest BCUT2D eigenvalue weighted by Crippen LogP contribution is 2.18. The zero-order chi connectivity index (χ0) is 19.3. The van der Waals surface area contributed by atoms with E-state index in [1.165, 1.54) is 39.4 Å². The van der Waals surface area contributed by atoms with Crippen LogP contribution in [0.15, 0.2) is 52.0 Å². The Morgan fingerprint density at radius 1 is 1.15 bits per heavy atom. The van der Waals surface area contributed by atoms with E-state index in [0.29, 0.717) is 5.56 Å². The Hall–Kier alpha value is -2.65. The largest absolute Gasteiger partial charge is 0.459 e. The SMILES string of the molecule is CC(NC(=O)c1ccco1)C(=O)NCc1ccccc1S(=O)(=O)N(C)C. The second kappa shape index (κ2) is 8.15.